The number of unbranched alkanes of at least 4 members (excludes halogenated alkanes) is 3. The van der Waals surface area contributed by atoms with Crippen molar-refractivity contribution in [3.8, 4) is 0 Å². The Hall–Kier alpha value is -2.22. The van der Waals surface area contributed by atoms with E-state index >= 15 is 0 Å². The first-order valence-electron chi connectivity index (χ1n) is 7.62. The smallest absolute Gasteiger partial charge is 0.345 e. The van der Waals surface area contributed by atoms with E-state index in [-0.39, 0.29) is 22.9 Å². The van der Waals surface area contributed by atoms with E-state index < -0.39 is 11.5 Å². The highest BCUT2D eigenvalue weighted by atomic mass is 32.1. The third-order valence-corrected chi connectivity index (χ3v) is 3.57. The molecule has 0 aliphatic heterocycles. The van der Waals surface area contributed by atoms with Crippen LogP contribution in [0.3, 0.4) is 0 Å². The summed E-state index contributed by atoms with van der Waals surface area (Å²) >= 11 is 4.89. The van der Waals surface area contributed by atoms with Gasteiger partial charge in [0.15, 0.2) is 4.77 Å². The van der Waals surface area contributed by atoms with Gasteiger partial charge in [0, 0.05) is 18.8 Å². The molecule has 0 spiro atoms. The minimum atomic E-state index is -0.669. The number of H-pyrrole nitrogens is 1. The molecule has 0 bridgehead atoms. The van der Waals surface area contributed by atoms with Gasteiger partial charge in [0.05, 0.1) is 13.2 Å². The average molecular weight is 354 g/mol. The van der Waals surface area contributed by atoms with Crippen LogP contribution in [0.1, 0.15) is 43.0 Å². The normalized spacial score (nSPS) is 10.2. The van der Waals surface area contributed by atoms with Gasteiger partial charge in [-0.05, 0) is 44.8 Å². The molecule has 1 rings (SSSR count). The highest BCUT2D eigenvalue weighted by molar-refractivity contribution is 7.71. The van der Waals surface area contributed by atoms with Crippen molar-refractivity contribution < 1.29 is 19.1 Å². The maximum atomic E-state index is 11.8. The summed E-state index contributed by atoms with van der Waals surface area (Å²) in [5.41, 5.74) is -0.241. The maximum absolute atomic E-state index is 11.8. The van der Waals surface area contributed by atoms with Crippen molar-refractivity contribution in [2.24, 2.45) is 7.05 Å². The van der Waals surface area contributed by atoms with E-state index in [0.717, 1.165) is 19.3 Å². The Bertz CT molecular complexity index is 720. The third-order valence-electron chi connectivity index (χ3n) is 3.18. The molecule has 0 aliphatic carbocycles. The summed E-state index contributed by atoms with van der Waals surface area (Å²) in [7, 11) is 1.63. The van der Waals surface area contributed by atoms with Crippen LogP contribution in [0, 0.1) is 4.77 Å². The summed E-state index contributed by atoms with van der Waals surface area (Å²) in [5, 5.41) is 0. The predicted molar refractivity (Wildman–Crippen MR) is 91.4 cm³/mol. The fourth-order valence-electron chi connectivity index (χ4n) is 1.80. The van der Waals surface area contributed by atoms with Crippen LogP contribution >= 0.6 is 12.2 Å². The van der Waals surface area contributed by atoms with Gasteiger partial charge in [-0.3, -0.25) is 9.78 Å². The molecule has 1 N–H and O–H groups in total. The Morgan fingerprint density at radius 3 is 2.38 bits per heavy atom. The summed E-state index contributed by atoms with van der Waals surface area (Å²) in [5.74, 6) is -1.05. The van der Waals surface area contributed by atoms with Gasteiger partial charge in [-0.15, -0.1) is 0 Å². The van der Waals surface area contributed by atoms with E-state index in [1.54, 1.807) is 14.0 Å². The van der Waals surface area contributed by atoms with Crippen LogP contribution in [-0.2, 0) is 21.3 Å². The van der Waals surface area contributed by atoms with Crippen molar-refractivity contribution in [1.82, 2.24) is 9.55 Å². The molecule has 132 valence electrons. The molecule has 0 fully saturated rings. The summed E-state index contributed by atoms with van der Waals surface area (Å²) < 4.78 is 11.8. The molecular weight excluding hydrogens is 332 g/mol. The summed E-state index contributed by atoms with van der Waals surface area (Å²) in [6, 6.07) is 0. The van der Waals surface area contributed by atoms with E-state index in [4.69, 9.17) is 21.7 Å². The van der Waals surface area contributed by atoms with Gasteiger partial charge >= 0.3 is 11.9 Å². The van der Waals surface area contributed by atoms with Crippen LogP contribution in [0.5, 0.6) is 0 Å². The second-order valence-corrected chi connectivity index (χ2v) is 5.77. The van der Waals surface area contributed by atoms with Gasteiger partial charge < -0.3 is 14.0 Å². The molecule has 1 aromatic heterocycles. The largest absolute Gasteiger partial charge is 0.462 e. The Labute approximate surface area is 145 Å². The van der Waals surface area contributed by atoms with Crippen LogP contribution in [0.15, 0.2) is 23.1 Å². The first kappa shape index (κ1) is 19.8. The minimum Gasteiger partial charge on any atom is -0.462 e. The van der Waals surface area contributed by atoms with E-state index in [2.05, 4.69) is 11.6 Å². The molecule has 0 saturated carbocycles. The number of aromatic amines is 1. The van der Waals surface area contributed by atoms with Crippen LogP contribution in [0.2, 0.25) is 0 Å². The van der Waals surface area contributed by atoms with E-state index in [0.29, 0.717) is 18.6 Å². The summed E-state index contributed by atoms with van der Waals surface area (Å²) in [6.07, 6.45) is 4.44. The van der Waals surface area contributed by atoms with Crippen molar-refractivity contribution in [3.05, 3.63) is 39.0 Å². The van der Waals surface area contributed by atoms with Crippen LogP contribution in [-0.4, -0.2) is 34.7 Å². The first-order valence-corrected chi connectivity index (χ1v) is 8.03. The van der Waals surface area contributed by atoms with Crippen LogP contribution < -0.4 is 5.56 Å². The molecule has 0 unspecified atom stereocenters. The lowest BCUT2D eigenvalue weighted by molar-refractivity contribution is -0.139. The lowest BCUT2D eigenvalue weighted by Gasteiger charge is -2.06. The second kappa shape index (κ2) is 9.82. The van der Waals surface area contributed by atoms with Gasteiger partial charge in [-0.1, -0.05) is 6.58 Å². The zero-order valence-electron chi connectivity index (χ0n) is 13.9. The number of rotatable bonds is 9. The Kier molecular flexibility index (Phi) is 8.11. The average Bonchev–Trinajstić information content (AvgIpc) is 2.52. The SMILES string of the molecule is C=C(C)C(=O)OCCCCCCOC(=O)c1cn(C)c(=S)[nH]c1=O. The van der Waals surface area contributed by atoms with E-state index in [1.165, 1.54) is 10.8 Å². The Morgan fingerprint density at radius 2 is 1.79 bits per heavy atom. The Morgan fingerprint density at radius 1 is 1.21 bits per heavy atom. The van der Waals surface area contributed by atoms with Crippen molar-refractivity contribution in [1.29, 1.82) is 0 Å². The van der Waals surface area contributed by atoms with Crippen molar-refractivity contribution >= 4 is 24.2 Å². The van der Waals surface area contributed by atoms with Crippen LogP contribution in [0.4, 0.5) is 0 Å². The molecule has 1 aromatic rings. The number of hydrogen-bond donors (Lipinski definition) is 1. The van der Waals surface area contributed by atoms with Gasteiger partial charge in [-0.2, -0.15) is 0 Å². The zero-order valence-corrected chi connectivity index (χ0v) is 14.7. The molecule has 8 heteroatoms. The number of nitrogens with one attached hydrogen (secondary N) is 1. The second-order valence-electron chi connectivity index (χ2n) is 5.38. The molecular formula is C16H22N2O5S. The number of ether oxygens (including phenoxy) is 2. The Balaban J connectivity index is 2.22. The quantitative estimate of drug-likeness (QED) is 0.317. The fraction of sp³-hybridized carbons (Fsp3) is 0.500. The highest BCUT2D eigenvalue weighted by Gasteiger charge is 2.12. The van der Waals surface area contributed by atoms with Gasteiger partial charge in [0.2, 0.25) is 0 Å². The fourth-order valence-corrected chi connectivity index (χ4v) is 1.94. The molecule has 0 aromatic carbocycles. The molecule has 1 heterocycles. The summed E-state index contributed by atoms with van der Waals surface area (Å²) in [4.78, 5) is 37.1. The molecule has 7 nitrogen and oxygen atoms in total. The maximum Gasteiger partial charge on any atom is 0.345 e. The molecule has 0 amide bonds. The molecule has 0 saturated heterocycles. The first-order chi connectivity index (χ1) is 11.3. The molecule has 0 radical (unpaired) electrons. The lowest BCUT2D eigenvalue weighted by Crippen LogP contribution is -2.22. The number of nitrogens with zero attached hydrogens (tertiary/aromatic N) is 1. The standard InChI is InChI=1S/C16H22N2O5S/c1-11(2)14(20)22-8-6-4-5-7-9-23-15(21)12-10-18(3)16(24)17-13(12)19/h10H,1,4-9H2,2-3H3,(H,17,19,24). The predicted octanol–water partition coefficient (Wildman–Crippen LogP) is 2.28. The molecule has 24 heavy (non-hydrogen) atoms. The van der Waals surface area contributed by atoms with Gasteiger partial charge in [0.25, 0.3) is 5.56 Å². The lowest BCUT2D eigenvalue weighted by atomic mass is 10.2. The van der Waals surface area contributed by atoms with E-state index in [9.17, 15) is 14.4 Å². The molecule has 0 atom stereocenters. The topological polar surface area (TPSA) is 90.4 Å². The zero-order chi connectivity index (χ0) is 18.1. The van der Waals surface area contributed by atoms with Gasteiger partial charge in [-0.25, -0.2) is 9.59 Å². The van der Waals surface area contributed by atoms with Gasteiger partial charge in [0.1, 0.15) is 5.56 Å². The number of carbonyl (C=O) groups is 2. The number of esters is 2. The number of carbonyl (C=O) groups excluding carboxylic acids is 2. The number of aromatic nitrogens is 2. The van der Waals surface area contributed by atoms with Crippen molar-refractivity contribution in [2.45, 2.75) is 32.6 Å². The number of hydrogen-bond acceptors (Lipinski definition) is 6. The number of aryl methyl sites for hydroxylation is 1. The highest BCUT2D eigenvalue weighted by Crippen LogP contribution is 2.03. The van der Waals surface area contributed by atoms with Crippen LogP contribution in [0.25, 0.3) is 0 Å². The van der Waals surface area contributed by atoms with E-state index in [1.807, 2.05) is 0 Å². The minimum absolute atomic E-state index is 0.0715. The van der Waals surface area contributed by atoms with Crippen molar-refractivity contribution in [3.63, 3.8) is 0 Å². The summed E-state index contributed by atoms with van der Waals surface area (Å²) in [6.45, 7) is 5.68. The third kappa shape index (κ3) is 6.49. The monoisotopic (exact) mass is 354 g/mol. The van der Waals surface area contributed by atoms with Crippen molar-refractivity contribution in [2.75, 3.05) is 13.2 Å². The molecule has 0 aliphatic rings.